The predicted molar refractivity (Wildman–Crippen MR) is 93.9 cm³/mol. The Labute approximate surface area is 148 Å². The van der Waals surface area contributed by atoms with Gasteiger partial charge in [-0.1, -0.05) is 41.0 Å². The number of methoxy groups -OCH3 is 1. The molecule has 0 amide bonds. The SMILES string of the molecule is CCC(C)C(C)C(C)C(C)CC(=O)c1ccc(C(F)(F)F)cc1OC. The second kappa shape index (κ2) is 8.72. The van der Waals surface area contributed by atoms with Gasteiger partial charge in [-0.05, 0) is 41.9 Å². The van der Waals surface area contributed by atoms with Gasteiger partial charge in [-0.25, -0.2) is 0 Å². The summed E-state index contributed by atoms with van der Waals surface area (Å²) in [6.45, 7) is 10.7. The van der Waals surface area contributed by atoms with Crippen LogP contribution in [0.4, 0.5) is 13.2 Å². The van der Waals surface area contributed by atoms with Gasteiger partial charge in [0, 0.05) is 6.42 Å². The molecule has 25 heavy (non-hydrogen) atoms. The molecule has 5 heteroatoms. The van der Waals surface area contributed by atoms with Gasteiger partial charge in [-0.2, -0.15) is 13.2 Å². The van der Waals surface area contributed by atoms with Crippen LogP contribution in [0.5, 0.6) is 5.75 Å². The first kappa shape index (κ1) is 21.5. The van der Waals surface area contributed by atoms with E-state index in [0.717, 1.165) is 18.6 Å². The first-order valence-electron chi connectivity index (χ1n) is 8.81. The van der Waals surface area contributed by atoms with Crippen LogP contribution in [0, 0.1) is 23.7 Å². The van der Waals surface area contributed by atoms with Crippen LogP contribution < -0.4 is 4.74 Å². The molecule has 4 unspecified atom stereocenters. The van der Waals surface area contributed by atoms with E-state index in [4.69, 9.17) is 4.74 Å². The quantitative estimate of drug-likeness (QED) is 0.514. The lowest BCUT2D eigenvalue weighted by Crippen LogP contribution is -2.24. The van der Waals surface area contributed by atoms with E-state index >= 15 is 0 Å². The summed E-state index contributed by atoms with van der Waals surface area (Å²) in [7, 11) is 1.28. The molecule has 1 aromatic rings. The fourth-order valence-corrected chi connectivity index (χ4v) is 3.09. The maximum absolute atomic E-state index is 12.8. The van der Waals surface area contributed by atoms with Gasteiger partial charge in [0.15, 0.2) is 5.78 Å². The van der Waals surface area contributed by atoms with Crippen LogP contribution in [0.15, 0.2) is 18.2 Å². The van der Waals surface area contributed by atoms with Gasteiger partial charge in [0.2, 0.25) is 0 Å². The van der Waals surface area contributed by atoms with Crippen molar-refractivity contribution >= 4 is 5.78 Å². The van der Waals surface area contributed by atoms with Gasteiger partial charge < -0.3 is 4.74 Å². The fourth-order valence-electron chi connectivity index (χ4n) is 3.09. The normalized spacial score (nSPS) is 16.8. The van der Waals surface area contributed by atoms with Gasteiger partial charge in [0.05, 0.1) is 18.2 Å². The molecule has 0 spiro atoms. The molecule has 2 nitrogen and oxygen atoms in total. The summed E-state index contributed by atoms with van der Waals surface area (Å²) < 4.78 is 43.5. The molecule has 0 radical (unpaired) electrons. The van der Waals surface area contributed by atoms with Crippen LogP contribution in [0.1, 0.15) is 63.4 Å². The van der Waals surface area contributed by atoms with Crippen molar-refractivity contribution in [3.05, 3.63) is 29.3 Å². The number of rotatable bonds is 8. The molecule has 4 atom stereocenters. The molecular weight excluding hydrogens is 329 g/mol. The number of carbonyl (C=O) groups is 1. The Morgan fingerprint density at radius 1 is 1.08 bits per heavy atom. The van der Waals surface area contributed by atoms with Crippen molar-refractivity contribution in [2.75, 3.05) is 7.11 Å². The summed E-state index contributed by atoms with van der Waals surface area (Å²) in [6, 6.07) is 3.05. The fraction of sp³-hybridized carbons (Fsp3) is 0.650. The van der Waals surface area contributed by atoms with Crippen molar-refractivity contribution in [1.29, 1.82) is 0 Å². The molecule has 142 valence electrons. The zero-order valence-corrected chi connectivity index (χ0v) is 15.9. The lowest BCUT2D eigenvalue weighted by molar-refractivity contribution is -0.137. The van der Waals surface area contributed by atoms with Gasteiger partial charge >= 0.3 is 6.18 Å². The van der Waals surface area contributed by atoms with Gasteiger partial charge in [0.25, 0.3) is 0 Å². The number of hydrogen-bond donors (Lipinski definition) is 0. The Balaban J connectivity index is 2.93. The molecule has 0 fully saturated rings. The van der Waals surface area contributed by atoms with E-state index in [0.29, 0.717) is 24.2 Å². The van der Waals surface area contributed by atoms with Crippen molar-refractivity contribution in [2.45, 2.75) is 53.6 Å². The number of Topliss-reactive ketones (excluding diaryl/α,β-unsaturated/α-hetero) is 1. The first-order chi connectivity index (χ1) is 11.5. The summed E-state index contributed by atoms with van der Waals surface area (Å²) in [6.07, 6.45) is -3.08. The van der Waals surface area contributed by atoms with E-state index in [2.05, 4.69) is 27.7 Å². The van der Waals surface area contributed by atoms with Gasteiger partial charge in [-0.15, -0.1) is 0 Å². The third-order valence-corrected chi connectivity index (χ3v) is 5.61. The zero-order chi connectivity index (χ0) is 19.4. The molecule has 0 saturated carbocycles. The summed E-state index contributed by atoms with van der Waals surface area (Å²) in [5.41, 5.74) is -0.599. The van der Waals surface area contributed by atoms with Crippen molar-refractivity contribution < 1.29 is 22.7 Å². The standard InChI is InChI=1S/C20H29F3O2/c1-7-12(2)14(4)15(5)13(3)10-18(24)17-9-8-16(20(21,22)23)11-19(17)25-6/h8-9,11-15H,7,10H2,1-6H3. The monoisotopic (exact) mass is 358 g/mol. The zero-order valence-electron chi connectivity index (χ0n) is 15.9. The molecule has 0 aliphatic heterocycles. The Kier molecular flexibility index (Phi) is 7.51. The molecule has 0 heterocycles. The van der Waals surface area contributed by atoms with E-state index in [1.54, 1.807) is 0 Å². The van der Waals surface area contributed by atoms with Crippen molar-refractivity contribution in [2.24, 2.45) is 23.7 Å². The summed E-state index contributed by atoms with van der Waals surface area (Å²) >= 11 is 0. The third kappa shape index (κ3) is 5.48. The number of hydrogen-bond acceptors (Lipinski definition) is 2. The van der Waals surface area contributed by atoms with Crippen LogP contribution in [-0.2, 0) is 6.18 Å². The molecule has 0 aliphatic carbocycles. The summed E-state index contributed by atoms with van der Waals surface area (Å²) in [4.78, 5) is 12.6. The Bertz CT molecular complexity index is 581. The number of ether oxygens (including phenoxy) is 1. The average molecular weight is 358 g/mol. The van der Waals surface area contributed by atoms with Crippen LogP contribution in [0.25, 0.3) is 0 Å². The summed E-state index contributed by atoms with van der Waals surface area (Å²) in [5, 5.41) is 0. The number of benzene rings is 1. The van der Waals surface area contributed by atoms with E-state index in [9.17, 15) is 18.0 Å². The number of alkyl halides is 3. The largest absolute Gasteiger partial charge is 0.496 e. The maximum atomic E-state index is 12.8. The van der Waals surface area contributed by atoms with Crippen molar-refractivity contribution in [1.82, 2.24) is 0 Å². The Morgan fingerprint density at radius 3 is 2.12 bits per heavy atom. The number of ketones is 1. The highest BCUT2D eigenvalue weighted by Gasteiger charge is 2.32. The Morgan fingerprint density at radius 2 is 1.64 bits per heavy atom. The third-order valence-electron chi connectivity index (χ3n) is 5.61. The first-order valence-corrected chi connectivity index (χ1v) is 8.81. The van der Waals surface area contributed by atoms with E-state index in [1.165, 1.54) is 13.2 Å². The molecule has 1 rings (SSSR count). The maximum Gasteiger partial charge on any atom is 0.416 e. The molecule has 0 N–H and O–H groups in total. The summed E-state index contributed by atoms with van der Waals surface area (Å²) in [5.74, 6) is 1.33. The molecule has 0 bridgehead atoms. The minimum atomic E-state index is -4.46. The van der Waals surface area contributed by atoms with Gasteiger partial charge in [-0.3, -0.25) is 4.79 Å². The lowest BCUT2D eigenvalue weighted by Gasteiger charge is -2.30. The van der Waals surface area contributed by atoms with Crippen LogP contribution >= 0.6 is 0 Å². The number of carbonyl (C=O) groups excluding carboxylic acids is 1. The van der Waals surface area contributed by atoms with Crippen LogP contribution in [0.3, 0.4) is 0 Å². The topological polar surface area (TPSA) is 26.3 Å². The number of halogens is 3. The van der Waals surface area contributed by atoms with Crippen molar-refractivity contribution in [3.63, 3.8) is 0 Å². The van der Waals surface area contributed by atoms with Crippen LogP contribution in [-0.4, -0.2) is 12.9 Å². The molecule has 0 saturated heterocycles. The Hall–Kier alpha value is -1.52. The minimum Gasteiger partial charge on any atom is -0.496 e. The second-order valence-corrected chi connectivity index (χ2v) is 7.12. The molecule has 0 aromatic heterocycles. The van der Waals surface area contributed by atoms with Crippen molar-refractivity contribution in [3.8, 4) is 5.75 Å². The highest BCUT2D eigenvalue weighted by Crippen LogP contribution is 2.35. The average Bonchev–Trinajstić information content (AvgIpc) is 2.57. The van der Waals surface area contributed by atoms with Crippen LogP contribution in [0.2, 0.25) is 0 Å². The highest BCUT2D eigenvalue weighted by atomic mass is 19.4. The van der Waals surface area contributed by atoms with E-state index in [1.807, 2.05) is 6.92 Å². The van der Waals surface area contributed by atoms with E-state index < -0.39 is 11.7 Å². The second-order valence-electron chi connectivity index (χ2n) is 7.12. The lowest BCUT2D eigenvalue weighted by atomic mass is 9.75. The van der Waals surface area contributed by atoms with Gasteiger partial charge in [0.1, 0.15) is 5.75 Å². The smallest absolute Gasteiger partial charge is 0.416 e. The van der Waals surface area contributed by atoms with E-state index in [-0.39, 0.29) is 23.0 Å². The molecule has 1 aromatic carbocycles. The highest BCUT2D eigenvalue weighted by molar-refractivity contribution is 5.98. The predicted octanol–water partition coefficient (Wildman–Crippen LogP) is 6.24. The molecule has 0 aliphatic rings. The minimum absolute atomic E-state index is 0.0188. The molecular formula is C20H29F3O2.